The molecule has 286 valence electrons. The summed E-state index contributed by atoms with van der Waals surface area (Å²) in [6, 6.07) is 81.1. The largest absolute Gasteiger partial charge is 0.309 e. The lowest BCUT2D eigenvalue weighted by Crippen LogP contribution is -2.00. The van der Waals surface area contributed by atoms with Gasteiger partial charge in [-0.2, -0.15) is 0 Å². The van der Waals surface area contributed by atoms with Crippen molar-refractivity contribution in [1.82, 2.24) is 19.5 Å². The molecular formula is C57H38N4. The minimum Gasteiger partial charge on any atom is -0.309 e. The van der Waals surface area contributed by atoms with Gasteiger partial charge in [-0.05, 0) is 57.1 Å². The van der Waals surface area contributed by atoms with E-state index in [1.54, 1.807) is 0 Å². The molecule has 11 rings (SSSR count). The zero-order valence-corrected chi connectivity index (χ0v) is 33.2. The number of hydrogen-bond acceptors (Lipinski definition) is 3. The zero-order chi connectivity index (χ0) is 40.5. The summed E-state index contributed by atoms with van der Waals surface area (Å²) in [6.45, 7) is 0. The third kappa shape index (κ3) is 6.86. The average molecular weight is 779 g/mol. The van der Waals surface area contributed by atoms with E-state index in [-0.39, 0.29) is 0 Å². The van der Waals surface area contributed by atoms with E-state index < -0.39 is 0 Å². The predicted molar refractivity (Wildman–Crippen MR) is 252 cm³/mol. The van der Waals surface area contributed by atoms with E-state index in [1.807, 2.05) is 12.1 Å². The fourth-order valence-corrected chi connectivity index (χ4v) is 8.40. The first-order valence-electron chi connectivity index (χ1n) is 20.6. The Balaban J connectivity index is 0.922. The fraction of sp³-hybridized carbons (Fsp3) is 0. The first-order valence-corrected chi connectivity index (χ1v) is 20.6. The molecule has 0 saturated heterocycles. The molecule has 61 heavy (non-hydrogen) atoms. The lowest BCUT2D eigenvalue weighted by atomic mass is 9.98. The summed E-state index contributed by atoms with van der Waals surface area (Å²) in [5.41, 5.74) is 15.6. The maximum absolute atomic E-state index is 5.06. The van der Waals surface area contributed by atoms with Crippen LogP contribution in [0.25, 0.3) is 106 Å². The van der Waals surface area contributed by atoms with Gasteiger partial charge in [-0.25, -0.2) is 15.0 Å². The summed E-state index contributed by atoms with van der Waals surface area (Å²) in [5.74, 6) is 1.89. The Morgan fingerprint density at radius 1 is 0.230 bits per heavy atom. The molecule has 0 aliphatic rings. The molecule has 4 heteroatoms. The first kappa shape index (κ1) is 35.9. The molecule has 0 radical (unpaired) electrons. The molecule has 0 amide bonds. The summed E-state index contributed by atoms with van der Waals surface area (Å²) in [4.78, 5) is 15.1. The Labute approximate surface area is 354 Å². The molecule has 0 N–H and O–H groups in total. The molecular weight excluding hydrogens is 741 g/mol. The third-order valence-electron chi connectivity index (χ3n) is 11.5. The fourth-order valence-electron chi connectivity index (χ4n) is 8.40. The number of nitrogens with zero attached hydrogens (tertiary/aromatic N) is 4. The normalized spacial score (nSPS) is 11.3. The zero-order valence-electron chi connectivity index (χ0n) is 33.2. The summed E-state index contributed by atoms with van der Waals surface area (Å²) >= 11 is 0. The number of benzene rings is 9. The lowest BCUT2D eigenvalue weighted by Gasteiger charge is -2.14. The molecule has 0 bridgehead atoms. The van der Waals surface area contributed by atoms with E-state index >= 15 is 0 Å². The van der Waals surface area contributed by atoms with Gasteiger partial charge in [0.1, 0.15) is 0 Å². The van der Waals surface area contributed by atoms with Crippen molar-refractivity contribution in [1.29, 1.82) is 0 Å². The van der Waals surface area contributed by atoms with Gasteiger partial charge in [-0.3, -0.25) is 0 Å². The Morgan fingerprint density at radius 2 is 0.525 bits per heavy atom. The lowest BCUT2D eigenvalue weighted by molar-refractivity contribution is 1.07. The highest BCUT2D eigenvalue weighted by atomic mass is 15.0. The van der Waals surface area contributed by atoms with Gasteiger partial charge in [-0.15, -0.1) is 0 Å². The van der Waals surface area contributed by atoms with Gasteiger partial charge in [0.2, 0.25) is 0 Å². The van der Waals surface area contributed by atoms with Crippen LogP contribution in [0.1, 0.15) is 0 Å². The average Bonchev–Trinajstić information content (AvgIpc) is 3.69. The molecule has 0 aliphatic carbocycles. The summed E-state index contributed by atoms with van der Waals surface area (Å²) < 4.78 is 2.39. The highest BCUT2D eigenvalue weighted by Gasteiger charge is 2.16. The van der Waals surface area contributed by atoms with Crippen molar-refractivity contribution in [3.05, 3.63) is 231 Å². The van der Waals surface area contributed by atoms with E-state index in [0.29, 0.717) is 17.5 Å². The Bertz CT molecular complexity index is 3140. The van der Waals surface area contributed by atoms with Crippen LogP contribution in [0.15, 0.2) is 231 Å². The second-order valence-electron chi connectivity index (χ2n) is 15.2. The number of hydrogen-bond donors (Lipinski definition) is 0. The second-order valence-corrected chi connectivity index (χ2v) is 15.2. The molecule has 4 nitrogen and oxygen atoms in total. The van der Waals surface area contributed by atoms with Gasteiger partial charge >= 0.3 is 0 Å². The standard InChI is InChI=1S/C57H38N4/c1-3-13-39(14-4-1)41-25-33-46(34-26-41)55-58-56(47-35-27-42(28-36-47)40-15-5-2-6-16-40)60-57(59-55)48-37-29-44(30-38-48)43-23-31-45(32-24-43)49-17-7-10-20-52(49)61-53-21-11-8-18-50(53)51-19-9-12-22-54(51)61/h1-38H. The van der Waals surface area contributed by atoms with Gasteiger partial charge in [0.25, 0.3) is 0 Å². The molecule has 0 fully saturated rings. The molecule has 2 aromatic heterocycles. The van der Waals surface area contributed by atoms with Crippen LogP contribution in [0.3, 0.4) is 0 Å². The van der Waals surface area contributed by atoms with Crippen molar-refractivity contribution in [2.45, 2.75) is 0 Å². The topological polar surface area (TPSA) is 43.6 Å². The van der Waals surface area contributed by atoms with Crippen LogP contribution in [0.4, 0.5) is 0 Å². The van der Waals surface area contributed by atoms with Crippen LogP contribution in [-0.4, -0.2) is 19.5 Å². The third-order valence-corrected chi connectivity index (χ3v) is 11.5. The van der Waals surface area contributed by atoms with Gasteiger partial charge in [0.15, 0.2) is 17.5 Å². The second kappa shape index (κ2) is 15.5. The number of para-hydroxylation sites is 3. The smallest absolute Gasteiger partial charge is 0.164 e. The van der Waals surface area contributed by atoms with Crippen molar-refractivity contribution in [2.24, 2.45) is 0 Å². The van der Waals surface area contributed by atoms with Crippen LogP contribution < -0.4 is 0 Å². The Hall–Kier alpha value is -8.21. The molecule has 0 aliphatic heterocycles. The predicted octanol–water partition coefficient (Wildman–Crippen LogP) is 14.6. The number of fused-ring (bicyclic) bond motifs is 3. The minimum atomic E-state index is 0.628. The maximum Gasteiger partial charge on any atom is 0.164 e. The van der Waals surface area contributed by atoms with E-state index in [0.717, 1.165) is 50.2 Å². The maximum atomic E-state index is 5.06. The molecule has 0 unspecified atom stereocenters. The van der Waals surface area contributed by atoms with E-state index in [9.17, 15) is 0 Å². The summed E-state index contributed by atoms with van der Waals surface area (Å²) in [6.07, 6.45) is 0. The van der Waals surface area contributed by atoms with E-state index in [2.05, 4.69) is 223 Å². The highest BCUT2D eigenvalue weighted by Crippen LogP contribution is 2.37. The van der Waals surface area contributed by atoms with Crippen molar-refractivity contribution >= 4 is 21.8 Å². The number of aromatic nitrogens is 4. The molecule has 11 aromatic rings. The molecule has 0 saturated carbocycles. The first-order chi connectivity index (χ1) is 30.2. The van der Waals surface area contributed by atoms with Crippen LogP contribution in [0.5, 0.6) is 0 Å². The van der Waals surface area contributed by atoms with Crippen LogP contribution >= 0.6 is 0 Å². The molecule has 9 aromatic carbocycles. The van der Waals surface area contributed by atoms with Gasteiger partial charge in [0.05, 0.1) is 16.7 Å². The Morgan fingerprint density at radius 3 is 0.934 bits per heavy atom. The van der Waals surface area contributed by atoms with E-state index in [4.69, 9.17) is 15.0 Å². The van der Waals surface area contributed by atoms with Gasteiger partial charge in [-0.1, -0.05) is 212 Å². The van der Waals surface area contributed by atoms with E-state index in [1.165, 1.54) is 38.5 Å². The van der Waals surface area contributed by atoms with Gasteiger partial charge in [0, 0.05) is 33.0 Å². The quantitative estimate of drug-likeness (QED) is 0.154. The summed E-state index contributed by atoms with van der Waals surface area (Å²) in [7, 11) is 0. The van der Waals surface area contributed by atoms with Crippen molar-refractivity contribution in [2.75, 3.05) is 0 Å². The van der Waals surface area contributed by atoms with Crippen LogP contribution in [0, 0.1) is 0 Å². The SMILES string of the molecule is c1ccc(-c2ccc(-c3nc(-c4ccc(-c5ccccc5)cc4)nc(-c4ccc(-c5ccc(-c6ccccc6-n6c7ccccc7c7ccccc76)cc5)cc4)n3)cc2)cc1. The number of rotatable bonds is 8. The molecule has 0 atom stereocenters. The highest BCUT2D eigenvalue weighted by molar-refractivity contribution is 6.09. The van der Waals surface area contributed by atoms with Crippen molar-refractivity contribution < 1.29 is 0 Å². The van der Waals surface area contributed by atoms with Crippen molar-refractivity contribution in [3.8, 4) is 84.4 Å². The van der Waals surface area contributed by atoms with Crippen LogP contribution in [0.2, 0.25) is 0 Å². The monoisotopic (exact) mass is 778 g/mol. The Kier molecular flexibility index (Phi) is 9.14. The molecule has 0 spiro atoms. The molecule has 2 heterocycles. The van der Waals surface area contributed by atoms with Gasteiger partial charge < -0.3 is 4.57 Å². The van der Waals surface area contributed by atoms with Crippen molar-refractivity contribution in [3.63, 3.8) is 0 Å². The van der Waals surface area contributed by atoms with Crippen LogP contribution in [-0.2, 0) is 0 Å². The minimum absolute atomic E-state index is 0.628. The summed E-state index contributed by atoms with van der Waals surface area (Å²) in [5, 5.41) is 2.51.